The highest BCUT2D eigenvalue weighted by Crippen LogP contribution is 2.19. The molecule has 0 aliphatic rings. The van der Waals surface area contributed by atoms with Gasteiger partial charge in [0.05, 0.1) is 5.33 Å². The van der Waals surface area contributed by atoms with E-state index >= 15 is 0 Å². The summed E-state index contributed by atoms with van der Waals surface area (Å²) in [4.78, 5) is 11.2. The Hall–Kier alpha value is 0.140. The number of rotatable bonds is 4. The van der Waals surface area contributed by atoms with E-state index in [9.17, 15) is 4.79 Å². The number of halogens is 3. The summed E-state index contributed by atoms with van der Waals surface area (Å²) >= 11 is 12.4. The topological polar surface area (TPSA) is 17.1 Å². The number of ketones is 1. The second-order valence-electron chi connectivity index (χ2n) is 2.90. The molecular weight excluding hydrogens is 331 g/mol. The Morgan fingerprint density at radius 1 is 1.29 bits per heavy atom. The zero-order valence-corrected chi connectivity index (χ0v) is 11.3. The molecule has 0 amide bonds. The van der Waals surface area contributed by atoms with Crippen LogP contribution in [0.1, 0.15) is 11.1 Å². The number of carbonyl (C=O) groups is 1. The normalized spacial score (nSPS) is 10.2. The molecule has 0 radical (unpaired) electrons. The van der Waals surface area contributed by atoms with E-state index in [1.54, 1.807) is 0 Å². The Morgan fingerprint density at radius 2 is 2.00 bits per heavy atom. The number of hydrogen-bond acceptors (Lipinski definition) is 1. The first-order valence-electron chi connectivity index (χ1n) is 4.08. The molecule has 1 aromatic rings. The smallest absolute Gasteiger partial charge is 0.147 e. The lowest BCUT2D eigenvalue weighted by Gasteiger charge is -2.05. The molecule has 0 N–H and O–H groups in total. The average Bonchev–Trinajstić information content (AvgIpc) is 2.20. The minimum Gasteiger partial charge on any atom is -0.298 e. The van der Waals surface area contributed by atoms with Crippen molar-refractivity contribution in [3.63, 3.8) is 0 Å². The van der Waals surface area contributed by atoms with E-state index in [-0.39, 0.29) is 5.78 Å². The Bertz CT molecular complexity index is 339. The summed E-state index contributed by atoms with van der Waals surface area (Å²) in [6, 6.07) is 5.59. The number of Topliss-reactive ketones (excluding diaryl/α,β-unsaturated/α-hetero) is 1. The standard InChI is InChI=1S/C10H9Br2ClO/c11-5-8-3-9(13)2-1-7(8)4-10(14)6-12/h1-3H,4-6H2. The number of alkyl halides is 2. The van der Waals surface area contributed by atoms with Gasteiger partial charge in [0, 0.05) is 16.8 Å². The molecule has 0 saturated heterocycles. The summed E-state index contributed by atoms with van der Waals surface area (Å²) in [6.07, 6.45) is 0.462. The zero-order valence-electron chi connectivity index (χ0n) is 7.40. The van der Waals surface area contributed by atoms with Crippen LogP contribution in [-0.2, 0) is 16.5 Å². The van der Waals surface area contributed by atoms with Crippen molar-refractivity contribution in [1.29, 1.82) is 0 Å². The van der Waals surface area contributed by atoms with Crippen molar-refractivity contribution < 1.29 is 4.79 Å². The van der Waals surface area contributed by atoms with Crippen LogP contribution in [0.3, 0.4) is 0 Å². The summed E-state index contributed by atoms with van der Waals surface area (Å²) in [7, 11) is 0. The van der Waals surface area contributed by atoms with Gasteiger partial charge in [0.2, 0.25) is 0 Å². The Kier molecular flexibility index (Phi) is 5.13. The van der Waals surface area contributed by atoms with Crippen LogP contribution in [0, 0.1) is 0 Å². The molecule has 1 aromatic carbocycles. The fourth-order valence-corrected chi connectivity index (χ4v) is 2.07. The molecule has 0 atom stereocenters. The molecule has 1 rings (SSSR count). The van der Waals surface area contributed by atoms with Crippen LogP contribution in [0.4, 0.5) is 0 Å². The van der Waals surface area contributed by atoms with Gasteiger partial charge in [-0.05, 0) is 23.3 Å². The van der Waals surface area contributed by atoms with Crippen molar-refractivity contribution >= 4 is 49.2 Å². The maximum Gasteiger partial charge on any atom is 0.147 e. The molecule has 4 heteroatoms. The van der Waals surface area contributed by atoms with Gasteiger partial charge in [-0.1, -0.05) is 49.5 Å². The largest absolute Gasteiger partial charge is 0.298 e. The van der Waals surface area contributed by atoms with E-state index in [1.807, 2.05) is 18.2 Å². The first-order chi connectivity index (χ1) is 6.67. The Balaban J connectivity index is 2.90. The van der Waals surface area contributed by atoms with E-state index in [0.717, 1.165) is 16.5 Å². The van der Waals surface area contributed by atoms with Gasteiger partial charge in [-0.2, -0.15) is 0 Å². The third kappa shape index (κ3) is 3.37. The molecule has 14 heavy (non-hydrogen) atoms. The van der Waals surface area contributed by atoms with Crippen molar-refractivity contribution in [3.05, 3.63) is 34.3 Å². The lowest BCUT2D eigenvalue weighted by atomic mass is 10.0. The second kappa shape index (κ2) is 5.89. The molecular formula is C10H9Br2ClO. The molecule has 0 bridgehead atoms. The summed E-state index contributed by atoms with van der Waals surface area (Å²) in [5, 5.41) is 1.82. The first kappa shape index (κ1) is 12.2. The molecule has 76 valence electrons. The Morgan fingerprint density at radius 3 is 2.57 bits per heavy atom. The molecule has 0 aromatic heterocycles. The summed E-state index contributed by atoms with van der Waals surface area (Å²) in [5.74, 6) is 0.175. The highest BCUT2D eigenvalue weighted by molar-refractivity contribution is 9.09. The maximum absolute atomic E-state index is 11.2. The maximum atomic E-state index is 11.2. The van der Waals surface area contributed by atoms with E-state index in [1.165, 1.54) is 0 Å². The summed E-state index contributed by atoms with van der Waals surface area (Å²) in [6.45, 7) is 0. The predicted octanol–water partition coefficient (Wildman–Crippen LogP) is 3.74. The highest BCUT2D eigenvalue weighted by atomic mass is 79.9. The minimum atomic E-state index is 0.175. The van der Waals surface area contributed by atoms with Crippen molar-refractivity contribution in [1.82, 2.24) is 0 Å². The van der Waals surface area contributed by atoms with Crippen LogP contribution in [0.5, 0.6) is 0 Å². The quantitative estimate of drug-likeness (QED) is 0.763. The molecule has 0 heterocycles. The predicted molar refractivity (Wildman–Crippen MR) is 66.6 cm³/mol. The fraction of sp³-hybridized carbons (Fsp3) is 0.300. The highest BCUT2D eigenvalue weighted by Gasteiger charge is 2.06. The van der Waals surface area contributed by atoms with Crippen molar-refractivity contribution in [2.45, 2.75) is 11.8 Å². The van der Waals surface area contributed by atoms with Crippen LogP contribution in [0.15, 0.2) is 18.2 Å². The van der Waals surface area contributed by atoms with Crippen LogP contribution in [-0.4, -0.2) is 11.1 Å². The van der Waals surface area contributed by atoms with Gasteiger partial charge in [0.15, 0.2) is 0 Å². The van der Waals surface area contributed by atoms with Gasteiger partial charge in [-0.15, -0.1) is 0 Å². The zero-order chi connectivity index (χ0) is 10.6. The fourth-order valence-electron chi connectivity index (χ4n) is 1.15. The van der Waals surface area contributed by atoms with Gasteiger partial charge in [0.25, 0.3) is 0 Å². The van der Waals surface area contributed by atoms with Crippen LogP contribution in [0.25, 0.3) is 0 Å². The van der Waals surface area contributed by atoms with Crippen molar-refractivity contribution in [2.24, 2.45) is 0 Å². The van der Waals surface area contributed by atoms with Gasteiger partial charge in [-0.3, -0.25) is 4.79 Å². The van der Waals surface area contributed by atoms with Gasteiger partial charge in [0.1, 0.15) is 5.78 Å². The third-order valence-corrected chi connectivity index (χ3v) is 3.31. The lowest BCUT2D eigenvalue weighted by molar-refractivity contribution is -0.115. The SMILES string of the molecule is O=C(CBr)Cc1ccc(Cl)cc1CBr. The van der Waals surface area contributed by atoms with Gasteiger partial charge in [-0.25, -0.2) is 0 Å². The molecule has 0 fully saturated rings. The van der Waals surface area contributed by atoms with Gasteiger partial charge >= 0.3 is 0 Å². The van der Waals surface area contributed by atoms with Crippen molar-refractivity contribution in [3.8, 4) is 0 Å². The number of hydrogen-bond donors (Lipinski definition) is 0. The van der Waals surface area contributed by atoms with E-state index in [2.05, 4.69) is 31.9 Å². The van der Waals surface area contributed by atoms with E-state index in [0.29, 0.717) is 16.8 Å². The number of carbonyl (C=O) groups excluding carboxylic acids is 1. The van der Waals surface area contributed by atoms with E-state index < -0.39 is 0 Å². The van der Waals surface area contributed by atoms with Crippen LogP contribution in [0.2, 0.25) is 5.02 Å². The Labute approximate surface area is 105 Å². The molecule has 0 aliphatic carbocycles. The molecule has 1 nitrogen and oxygen atoms in total. The van der Waals surface area contributed by atoms with Gasteiger partial charge < -0.3 is 0 Å². The molecule has 0 unspecified atom stereocenters. The van der Waals surface area contributed by atoms with Crippen LogP contribution < -0.4 is 0 Å². The second-order valence-corrected chi connectivity index (χ2v) is 4.45. The monoisotopic (exact) mass is 338 g/mol. The lowest BCUT2D eigenvalue weighted by Crippen LogP contribution is -2.05. The summed E-state index contributed by atoms with van der Waals surface area (Å²) < 4.78 is 0. The summed E-state index contributed by atoms with van der Waals surface area (Å²) in [5.41, 5.74) is 2.11. The molecule has 0 spiro atoms. The van der Waals surface area contributed by atoms with Crippen molar-refractivity contribution in [2.75, 3.05) is 5.33 Å². The minimum absolute atomic E-state index is 0.175. The van der Waals surface area contributed by atoms with Crippen LogP contribution >= 0.6 is 43.5 Å². The number of benzene rings is 1. The average molecular weight is 340 g/mol. The first-order valence-corrected chi connectivity index (χ1v) is 6.70. The molecule has 0 saturated carbocycles. The molecule has 0 aliphatic heterocycles. The van der Waals surface area contributed by atoms with E-state index in [4.69, 9.17) is 11.6 Å². The third-order valence-electron chi connectivity index (χ3n) is 1.85.